The van der Waals surface area contributed by atoms with Gasteiger partial charge in [0.2, 0.25) is 0 Å². The van der Waals surface area contributed by atoms with Gasteiger partial charge in [0.25, 0.3) is 0 Å². The molecule has 1 unspecified atom stereocenters. The highest BCUT2D eigenvalue weighted by Gasteiger charge is 2.02. The van der Waals surface area contributed by atoms with E-state index in [-0.39, 0.29) is 0 Å². The standard InChI is InChI=1S/C9H15NO3/c1-10-5-8(11)6-12-7-9-3-2-4-13-9/h2-4,8,10-11H,5-7H2,1H3. The van der Waals surface area contributed by atoms with Crippen LogP contribution in [-0.2, 0) is 11.3 Å². The van der Waals surface area contributed by atoms with Crippen molar-refractivity contribution in [1.82, 2.24) is 5.32 Å². The predicted molar refractivity (Wildman–Crippen MR) is 48.3 cm³/mol. The van der Waals surface area contributed by atoms with Crippen LogP contribution >= 0.6 is 0 Å². The Morgan fingerprint density at radius 2 is 2.54 bits per heavy atom. The van der Waals surface area contributed by atoms with Crippen LogP contribution in [-0.4, -0.2) is 31.4 Å². The second-order valence-corrected chi connectivity index (χ2v) is 2.81. The minimum Gasteiger partial charge on any atom is -0.467 e. The lowest BCUT2D eigenvalue weighted by molar-refractivity contribution is 0.0235. The van der Waals surface area contributed by atoms with E-state index in [4.69, 9.17) is 9.15 Å². The maximum absolute atomic E-state index is 9.26. The number of hydrogen-bond acceptors (Lipinski definition) is 4. The predicted octanol–water partition coefficient (Wildman–Crippen LogP) is 0.376. The first-order valence-corrected chi connectivity index (χ1v) is 4.25. The zero-order valence-corrected chi connectivity index (χ0v) is 7.69. The van der Waals surface area contributed by atoms with Gasteiger partial charge in [0.1, 0.15) is 12.4 Å². The topological polar surface area (TPSA) is 54.6 Å². The average Bonchev–Trinajstić information content (AvgIpc) is 2.57. The smallest absolute Gasteiger partial charge is 0.129 e. The van der Waals surface area contributed by atoms with Gasteiger partial charge in [-0.05, 0) is 19.2 Å². The first-order valence-electron chi connectivity index (χ1n) is 4.25. The first-order chi connectivity index (χ1) is 6.33. The molecule has 1 aromatic rings. The van der Waals surface area contributed by atoms with Crippen LogP contribution in [0.5, 0.6) is 0 Å². The number of hydrogen-bond donors (Lipinski definition) is 2. The fourth-order valence-corrected chi connectivity index (χ4v) is 0.985. The van der Waals surface area contributed by atoms with Gasteiger partial charge in [0, 0.05) is 6.54 Å². The zero-order chi connectivity index (χ0) is 9.52. The van der Waals surface area contributed by atoms with Crippen molar-refractivity contribution in [2.75, 3.05) is 20.2 Å². The van der Waals surface area contributed by atoms with Crippen molar-refractivity contribution in [2.24, 2.45) is 0 Å². The molecule has 2 N–H and O–H groups in total. The molecule has 0 aliphatic heterocycles. The van der Waals surface area contributed by atoms with Crippen LogP contribution in [0.25, 0.3) is 0 Å². The molecule has 13 heavy (non-hydrogen) atoms. The summed E-state index contributed by atoms with van der Waals surface area (Å²) in [5.74, 6) is 0.775. The summed E-state index contributed by atoms with van der Waals surface area (Å²) in [6.45, 7) is 1.27. The van der Waals surface area contributed by atoms with Gasteiger partial charge in [-0.1, -0.05) is 0 Å². The number of nitrogens with one attached hydrogen (secondary N) is 1. The molecule has 4 nitrogen and oxygen atoms in total. The summed E-state index contributed by atoms with van der Waals surface area (Å²) < 4.78 is 10.3. The molecular weight excluding hydrogens is 170 g/mol. The van der Waals surface area contributed by atoms with Gasteiger partial charge in [-0.2, -0.15) is 0 Å². The third-order valence-electron chi connectivity index (χ3n) is 1.57. The molecule has 0 amide bonds. The third kappa shape index (κ3) is 4.07. The van der Waals surface area contributed by atoms with E-state index in [2.05, 4.69) is 5.32 Å². The van der Waals surface area contributed by atoms with Gasteiger partial charge in [0.15, 0.2) is 0 Å². The van der Waals surface area contributed by atoms with Crippen molar-refractivity contribution in [1.29, 1.82) is 0 Å². The monoisotopic (exact) mass is 185 g/mol. The van der Waals surface area contributed by atoms with E-state index in [0.29, 0.717) is 19.8 Å². The normalized spacial score (nSPS) is 13.1. The number of aliphatic hydroxyl groups is 1. The van der Waals surface area contributed by atoms with Crippen LogP contribution in [0, 0.1) is 0 Å². The van der Waals surface area contributed by atoms with E-state index < -0.39 is 6.10 Å². The summed E-state index contributed by atoms with van der Waals surface area (Å²) in [5.41, 5.74) is 0. The molecule has 0 fully saturated rings. The Labute approximate surface area is 77.5 Å². The Kier molecular flexibility index (Phi) is 4.53. The van der Waals surface area contributed by atoms with Gasteiger partial charge in [-0.3, -0.25) is 0 Å². The minimum atomic E-state index is -0.458. The van der Waals surface area contributed by atoms with E-state index in [1.165, 1.54) is 0 Å². The Balaban J connectivity index is 2.07. The number of ether oxygens (including phenoxy) is 1. The molecule has 0 aliphatic carbocycles. The Hall–Kier alpha value is -0.840. The van der Waals surface area contributed by atoms with Crippen molar-refractivity contribution >= 4 is 0 Å². The third-order valence-corrected chi connectivity index (χ3v) is 1.57. The molecule has 0 saturated carbocycles. The molecule has 1 rings (SSSR count). The quantitative estimate of drug-likeness (QED) is 0.672. The highest BCUT2D eigenvalue weighted by molar-refractivity contribution is 4.95. The highest BCUT2D eigenvalue weighted by Crippen LogP contribution is 2.01. The maximum atomic E-state index is 9.26. The molecule has 1 aromatic heterocycles. The molecule has 74 valence electrons. The lowest BCUT2D eigenvalue weighted by Gasteiger charge is -2.09. The van der Waals surface area contributed by atoms with E-state index >= 15 is 0 Å². The first kappa shape index (κ1) is 10.2. The van der Waals surface area contributed by atoms with Crippen LogP contribution < -0.4 is 5.32 Å². The van der Waals surface area contributed by atoms with Gasteiger partial charge >= 0.3 is 0 Å². The van der Waals surface area contributed by atoms with Crippen LogP contribution in [0.15, 0.2) is 22.8 Å². The molecule has 0 aliphatic rings. The molecular formula is C9H15NO3. The van der Waals surface area contributed by atoms with E-state index in [1.807, 2.05) is 12.1 Å². The summed E-state index contributed by atoms with van der Waals surface area (Å²) >= 11 is 0. The summed E-state index contributed by atoms with van der Waals surface area (Å²) in [6, 6.07) is 3.65. The van der Waals surface area contributed by atoms with Crippen LogP contribution in [0.4, 0.5) is 0 Å². The number of furan rings is 1. The van der Waals surface area contributed by atoms with Crippen molar-refractivity contribution in [3.63, 3.8) is 0 Å². The molecule has 4 heteroatoms. The molecule has 1 heterocycles. The Morgan fingerprint density at radius 3 is 3.15 bits per heavy atom. The SMILES string of the molecule is CNCC(O)COCc1ccco1. The van der Waals surface area contributed by atoms with Crippen molar-refractivity contribution in [3.05, 3.63) is 24.2 Å². The Bertz CT molecular complexity index is 211. The van der Waals surface area contributed by atoms with E-state index in [9.17, 15) is 5.11 Å². The molecule has 0 aromatic carbocycles. The number of aliphatic hydroxyl groups excluding tert-OH is 1. The van der Waals surface area contributed by atoms with E-state index in [0.717, 1.165) is 5.76 Å². The second-order valence-electron chi connectivity index (χ2n) is 2.81. The summed E-state index contributed by atoms with van der Waals surface area (Å²) in [4.78, 5) is 0. The van der Waals surface area contributed by atoms with Crippen molar-refractivity contribution in [3.8, 4) is 0 Å². The fourth-order valence-electron chi connectivity index (χ4n) is 0.985. The van der Waals surface area contributed by atoms with Gasteiger partial charge in [-0.25, -0.2) is 0 Å². The van der Waals surface area contributed by atoms with Gasteiger partial charge in [-0.15, -0.1) is 0 Å². The van der Waals surface area contributed by atoms with Crippen molar-refractivity contribution < 1.29 is 14.3 Å². The molecule has 0 bridgehead atoms. The number of likely N-dealkylation sites (N-methyl/N-ethyl adjacent to an activating group) is 1. The molecule has 1 atom stereocenters. The van der Waals surface area contributed by atoms with Crippen LogP contribution in [0.3, 0.4) is 0 Å². The number of rotatable bonds is 6. The van der Waals surface area contributed by atoms with Crippen LogP contribution in [0.1, 0.15) is 5.76 Å². The fraction of sp³-hybridized carbons (Fsp3) is 0.556. The van der Waals surface area contributed by atoms with Crippen molar-refractivity contribution in [2.45, 2.75) is 12.7 Å². The molecule has 0 spiro atoms. The largest absolute Gasteiger partial charge is 0.467 e. The minimum absolute atomic E-state index is 0.321. The molecule has 0 saturated heterocycles. The lowest BCUT2D eigenvalue weighted by atomic mass is 10.4. The zero-order valence-electron chi connectivity index (χ0n) is 7.69. The lowest BCUT2D eigenvalue weighted by Crippen LogP contribution is -2.27. The summed E-state index contributed by atoms with van der Waals surface area (Å²) in [6.07, 6.45) is 1.14. The maximum Gasteiger partial charge on any atom is 0.129 e. The van der Waals surface area contributed by atoms with E-state index in [1.54, 1.807) is 13.3 Å². The van der Waals surface area contributed by atoms with Crippen LogP contribution in [0.2, 0.25) is 0 Å². The summed E-state index contributed by atoms with van der Waals surface area (Å²) in [5, 5.41) is 12.1. The average molecular weight is 185 g/mol. The molecule has 0 radical (unpaired) electrons. The van der Waals surface area contributed by atoms with Gasteiger partial charge in [0.05, 0.1) is 19.0 Å². The highest BCUT2D eigenvalue weighted by atomic mass is 16.5. The van der Waals surface area contributed by atoms with Gasteiger partial charge < -0.3 is 19.6 Å². The Morgan fingerprint density at radius 1 is 1.69 bits per heavy atom. The summed E-state index contributed by atoms with van der Waals surface area (Å²) in [7, 11) is 1.79. The second kappa shape index (κ2) is 5.75.